The molecule has 1 aliphatic heterocycles. The molecule has 1 amide bonds. The normalized spacial score (nSPS) is 24.1. The number of esters is 1. The van der Waals surface area contributed by atoms with Crippen molar-refractivity contribution in [2.75, 3.05) is 26.2 Å². The minimum atomic E-state index is -0.305. The van der Waals surface area contributed by atoms with Crippen molar-refractivity contribution in [2.45, 2.75) is 57.9 Å². The maximum Gasteiger partial charge on any atom is 0.308 e. The Kier molecular flexibility index (Phi) is 8.30. The minimum absolute atomic E-state index is 0.0665. The van der Waals surface area contributed by atoms with E-state index in [1.54, 1.807) is 0 Å². The van der Waals surface area contributed by atoms with Gasteiger partial charge in [-0.1, -0.05) is 50.3 Å². The second-order valence-corrected chi connectivity index (χ2v) is 10.9. The number of ether oxygens (including phenoxy) is 1. The topological polar surface area (TPSA) is 49.9 Å². The van der Waals surface area contributed by atoms with Crippen molar-refractivity contribution in [1.29, 1.82) is 0 Å². The molecule has 1 heterocycles. The maximum atomic E-state index is 13.7. The molecule has 2 fully saturated rings. The Bertz CT molecular complexity index is 1070. The minimum Gasteiger partial charge on any atom is -0.427 e. The summed E-state index contributed by atoms with van der Waals surface area (Å²) >= 11 is 0. The highest BCUT2D eigenvalue weighted by molar-refractivity contribution is 5.94. The molecule has 1 saturated carbocycles. The van der Waals surface area contributed by atoms with Gasteiger partial charge in [0.25, 0.3) is 5.91 Å². The number of piperidine rings is 1. The maximum absolute atomic E-state index is 13.7. The van der Waals surface area contributed by atoms with Gasteiger partial charge in [-0.2, -0.15) is 0 Å². The fourth-order valence-corrected chi connectivity index (χ4v) is 6.38. The van der Waals surface area contributed by atoms with Crippen molar-refractivity contribution in [3.05, 3.63) is 78.4 Å². The van der Waals surface area contributed by atoms with Crippen LogP contribution in [-0.2, 0) is 10.2 Å². The van der Waals surface area contributed by atoms with Crippen LogP contribution in [-0.4, -0.2) is 53.9 Å². The third-order valence-electron chi connectivity index (χ3n) is 7.92. The number of hydrogen-bond donors (Lipinski definition) is 0. The van der Waals surface area contributed by atoms with Crippen molar-refractivity contribution >= 4 is 11.9 Å². The number of carbonyl (C=O) groups is 2. The largest absolute Gasteiger partial charge is 0.427 e. The number of benzene rings is 2. The van der Waals surface area contributed by atoms with Crippen LogP contribution in [0.3, 0.4) is 0 Å². The van der Waals surface area contributed by atoms with Crippen LogP contribution in [0.1, 0.15) is 62.4 Å². The first-order chi connectivity index (χ1) is 17.3. The summed E-state index contributed by atoms with van der Waals surface area (Å²) in [4.78, 5) is 30.0. The Labute approximate surface area is 216 Å². The standard InChI is InChI=1S/C31H40N2O3/c1-5-17-32-18-16-31(26-12-9-13-29(19-26)36-24(4)34)20-28(15-14-27(31)22-32)33(21-23(2)3)30(35)25-10-7-6-8-11-25/h5-13,19,23,27-28H,1,14-18,20-22H2,2-4H3/t27?,28-,31?/m1/s1. The molecule has 2 unspecified atom stereocenters. The average molecular weight is 489 g/mol. The molecular weight excluding hydrogens is 448 g/mol. The van der Waals surface area contributed by atoms with Crippen LogP contribution in [0, 0.1) is 11.8 Å². The van der Waals surface area contributed by atoms with Crippen LogP contribution in [0.15, 0.2) is 67.3 Å². The number of likely N-dealkylation sites (tertiary alicyclic amines) is 1. The van der Waals surface area contributed by atoms with E-state index >= 15 is 0 Å². The van der Waals surface area contributed by atoms with Gasteiger partial charge in [0.05, 0.1) is 0 Å². The first-order valence-electron chi connectivity index (χ1n) is 13.3. The molecule has 0 radical (unpaired) electrons. The fraction of sp³-hybridized carbons (Fsp3) is 0.484. The second kappa shape index (κ2) is 11.4. The molecular formula is C31H40N2O3. The molecule has 0 N–H and O–H groups in total. The highest BCUT2D eigenvalue weighted by atomic mass is 16.5. The zero-order valence-corrected chi connectivity index (χ0v) is 22.0. The van der Waals surface area contributed by atoms with Crippen LogP contribution in [0.4, 0.5) is 0 Å². The fourth-order valence-electron chi connectivity index (χ4n) is 6.38. The lowest BCUT2D eigenvalue weighted by atomic mass is 9.57. The summed E-state index contributed by atoms with van der Waals surface area (Å²) in [6.07, 6.45) is 5.99. The van der Waals surface area contributed by atoms with Crippen LogP contribution in [0.2, 0.25) is 0 Å². The number of rotatable bonds is 8. The molecule has 36 heavy (non-hydrogen) atoms. The van der Waals surface area contributed by atoms with E-state index in [-0.39, 0.29) is 23.3 Å². The van der Waals surface area contributed by atoms with Gasteiger partial charge in [0.1, 0.15) is 5.75 Å². The molecule has 5 nitrogen and oxygen atoms in total. The van der Waals surface area contributed by atoms with Crippen LogP contribution < -0.4 is 4.74 Å². The highest BCUT2D eigenvalue weighted by Crippen LogP contribution is 2.50. The van der Waals surface area contributed by atoms with Gasteiger partial charge in [-0.15, -0.1) is 6.58 Å². The van der Waals surface area contributed by atoms with Crippen molar-refractivity contribution in [2.24, 2.45) is 11.8 Å². The molecule has 0 spiro atoms. The van der Waals surface area contributed by atoms with E-state index in [4.69, 9.17) is 4.74 Å². The number of hydrogen-bond acceptors (Lipinski definition) is 4. The van der Waals surface area contributed by atoms with Gasteiger partial charge >= 0.3 is 5.97 Å². The van der Waals surface area contributed by atoms with Gasteiger partial charge in [0.15, 0.2) is 0 Å². The molecule has 1 saturated heterocycles. The summed E-state index contributed by atoms with van der Waals surface area (Å²) in [5.41, 5.74) is 1.92. The first kappa shape index (κ1) is 26.2. The van der Waals surface area contributed by atoms with Crippen molar-refractivity contribution in [3.63, 3.8) is 0 Å². The van der Waals surface area contributed by atoms with Crippen molar-refractivity contribution in [3.8, 4) is 5.75 Å². The number of carbonyl (C=O) groups excluding carboxylic acids is 2. The van der Waals surface area contributed by atoms with Gasteiger partial charge in [-0.3, -0.25) is 14.5 Å². The molecule has 1 aliphatic carbocycles. The Morgan fingerprint density at radius 3 is 2.64 bits per heavy atom. The highest BCUT2D eigenvalue weighted by Gasteiger charge is 2.49. The summed E-state index contributed by atoms with van der Waals surface area (Å²) in [5.74, 6) is 1.28. The molecule has 5 heteroatoms. The van der Waals surface area contributed by atoms with Crippen LogP contribution in [0.5, 0.6) is 5.75 Å². The predicted molar refractivity (Wildman–Crippen MR) is 144 cm³/mol. The summed E-state index contributed by atoms with van der Waals surface area (Å²) in [5, 5.41) is 0. The van der Waals surface area contributed by atoms with Gasteiger partial charge in [0, 0.05) is 43.6 Å². The Morgan fingerprint density at radius 2 is 1.94 bits per heavy atom. The lowest BCUT2D eigenvalue weighted by molar-refractivity contribution is -0.131. The molecule has 0 bridgehead atoms. The van der Waals surface area contributed by atoms with E-state index in [9.17, 15) is 9.59 Å². The molecule has 2 aliphatic rings. The SMILES string of the molecule is C=CCN1CCC2(c3cccc(OC(C)=O)c3)C[C@H](N(CC(C)C)C(=O)c3ccccc3)CCC2C1. The number of nitrogens with zero attached hydrogens (tertiary/aromatic N) is 2. The summed E-state index contributed by atoms with van der Waals surface area (Å²) < 4.78 is 5.48. The number of fused-ring (bicyclic) bond motifs is 1. The first-order valence-corrected chi connectivity index (χ1v) is 13.3. The predicted octanol–water partition coefficient (Wildman–Crippen LogP) is 5.71. The van der Waals surface area contributed by atoms with Crippen LogP contribution >= 0.6 is 0 Å². The van der Waals surface area contributed by atoms with Gasteiger partial charge < -0.3 is 9.64 Å². The zero-order valence-electron chi connectivity index (χ0n) is 22.0. The number of amides is 1. The van der Waals surface area contributed by atoms with E-state index in [2.05, 4.69) is 42.4 Å². The summed E-state index contributed by atoms with van der Waals surface area (Å²) in [7, 11) is 0. The van der Waals surface area contributed by atoms with E-state index < -0.39 is 0 Å². The summed E-state index contributed by atoms with van der Waals surface area (Å²) in [6.45, 7) is 13.4. The van der Waals surface area contributed by atoms with E-state index in [1.165, 1.54) is 12.5 Å². The van der Waals surface area contributed by atoms with E-state index in [0.29, 0.717) is 17.6 Å². The Balaban J connectivity index is 1.70. The third-order valence-corrected chi connectivity index (χ3v) is 7.92. The van der Waals surface area contributed by atoms with Crippen molar-refractivity contribution < 1.29 is 14.3 Å². The molecule has 4 rings (SSSR count). The lowest BCUT2D eigenvalue weighted by Crippen LogP contribution is -2.57. The molecule has 0 aromatic heterocycles. The molecule has 3 atom stereocenters. The monoisotopic (exact) mass is 488 g/mol. The molecule has 2 aromatic carbocycles. The quantitative estimate of drug-likeness (QED) is 0.271. The van der Waals surface area contributed by atoms with Crippen molar-refractivity contribution in [1.82, 2.24) is 9.80 Å². The average Bonchev–Trinajstić information content (AvgIpc) is 2.87. The van der Waals surface area contributed by atoms with Gasteiger partial charge in [-0.05, 0) is 73.9 Å². The van der Waals surface area contributed by atoms with E-state index in [1.807, 2.05) is 48.5 Å². The Hall–Kier alpha value is -2.92. The smallest absolute Gasteiger partial charge is 0.308 e. The van der Waals surface area contributed by atoms with Gasteiger partial charge in [-0.25, -0.2) is 0 Å². The summed E-state index contributed by atoms with van der Waals surface area (Å²) in [6, 6.07) is 18.0. The lowest BCUT2D eigenvalue weighted by Gasteiger charge is -2.54. The zero-order chi connectivity index (χ0) is 25.7. The van der Waals surface area contributed by atoms with E-state index in [0.717, 1.165) is 57.4 Å². The third kappa shape index (κ3) is 5.73. The molecule has 2 aromatic rings. The van der Waals surface area contributed by atoms with Gasteiger partial charge in [0.2, 0.25) is 0 Å². The Morgan fingerprint density at radius 1 is 1.17 bits per heavy atom. The second-order valence-electron chi connectivity index (χ2n) is 10.9. The molecule has 192 valence electrons. The van der Waals surface area contributed by atoms with Crippen LogP contribution in [0.25, 0.3) is 0 Å².